The molecule has 3 N–H and O–H groups in total. The number of carbonyl (C=O) groups is 1. The minimum Gasteiger partial charge on any atom is -0.479 e. The van der Waals surface area contributed by atoms with Crippen LogP contribution in [0, 0.1) is 20.2 Å². The average molecular weight is 363 g/mol. The van der Waals surface area contributed by atoms with Crippen molar-refractivity contribution >= 4 is 17.3 Å². The van der Waals surface area contributed by atoms with Gasteiger partial charge in [0.2, 0.25) is 5.54 Å². The average Bonchev–Trinajstić information content (AvgIpc) is 2.59. The summed E-state index contributed by atoms with van der Waals surface area (Å²) in [5.74, 6) is -1.79. The number of carboxylic acid groups (broad SMARTS) is 1. The number of nitro groups is 2. The highest BCUT2D eigenvalue weighted by Crippen LogP contribution is 2.38. The predicted molar refractivity (Wildman–Crippen MR) is 84.6 cm³/mol. The minimum atomic E-state index is -2.65. The number of rotatable bonds is 7. The van der Waals surface area contributed by atoms with E-state index in [1.54, 1.807) is 18.2 Å². The van der Waals surface area contributed by atoms with Crippen LogP contribution in [0.15, 0.2) is 48.5 Å². The van der Waals surface area contributed by atoms with Gasteiger partial charge in [0.25, 0.3) is 11.4 Å². The molecule has 1 atom stereocenters. The Morgan fingerprint density at radius 3 is 2.12 bits per heavy atom. The van der Waals surface area contributed by atoms with Crippen LogP contribution in [0.2, 0.25) is 0 Å². The third-order valence-corrected chi connectivity index (χ3v) is 3.83. The van der Waals surface area contributed by atoms with Crippen molar-refractivity contribution in [2.75, 3.05) is 0 Å². The molecule has 136 valence electrons. The Balaban J connectivity index is 2.75. The number of hydrogen-bond acceptors (Lipinski definition) is 8. The maximum atomic E-state index is 11.9. The van der Waals surface area contributed by atoms with Gasteiger partial charge in [-0.05, 0) is 16.9 Å². The summed E-state index contributed by atoms with van der Waals surface area (Å²) in [5.41, 5.74) is -4.49. The number of benzene rings is 2. The van der Waals surface area contributed by atoms with Crippen LogP contribution in [0.25, 0.3) is 0 Å². The molecule has 2 aromatic carbocycles. The van der Waals surface area contributed by atoms with Crippen LogP contribution in [-0.2, 0) is 16.8 Å². The van der Waals surface area contributed by atoms with E-state index in [-0.39, 0.29) is 0 Å². The quantitative estimate of drug-likeness (QED) is 0.493. The predicted octanol–water partition coefficient (Wildman–Crippen LogP) is 2.11. The van der Waals surface area contributed by atoms with Crippen molar-refractivity contribution in [1.82, 2.24) is 5.23 Å². The lowest BCUT2D eigenvalue weighted by molar-refractivity contribution is -0.398. The molecule has 26 heavy (non-hydrogen) atoms. The smallest absolute Gasteiger partial charge is 0.334 e. The molecule has 0 radical (unpaired) electrons. The number of hydrogen-bond donors (Lipinski definition) is 3. The second kappa shape index (κ2) is 7.23. The van der Waals surface area contributed by atoms with Crippen molar-refractivity contribution in [2.24, 2.45) is 0 Å². The van der Waals surface area contributed by atoms with Crippen LogP contribution < -0.4 is 0 Å². The van der Waals surface area contributed by atoms with Gasteiger partial charge in [-0.25, -0.2) is 4.79 Å². The molecule has 0 spiro atoms. The van der Waals surface area contributed by atoms with Crippen LogP contribution in [0.5, 0.6) is 0 Å². The number of non-ortho nitro benzene ring substituents is 1. The summed E-state index contributed by atoms with van der Waals surface area (Å²) in [4.78, 5) is 32.2. The highest BCUT2D eigenvalue weighted by Gasteiger charge is 2.51. The first-order valence-electron chi connectivity index (χ1n) is 7.08. The molecule has 0 saturated carbocycles. The van der Waals surface area contributed by atoms with E-state index in [1.165, 1.54) is 12.1 Å². The van der Waals surface area contributed by atoms with E-state index in [2.05, 4.69) is 0 Å². The topological polar surface area (TPSA) is 167 Å². The van der Waals surface area contributed by atoms with E-state index in [0.29, 0.717) is 11.6 Å². The summed E-state index contributed by atoms with van der Waals surface area (Å²) in [6.07, 6.45) is -0.547. The lowest BCUT2D eigenvalue weighted by Gasteiger charge is -2.32. The van der Waals surface area contributed by atoms with E-state index in [1.807, 2.05) is 0 Å². The van der Waals surface area contributed by atoms with Gasteiger partial charge in [0.05, 0.1) is 21.5 Å². The van der Waals surface area contributed by atoms with Crippen LogP contribution >= 0.6 is 0 Å². The zero-order valence-electron chi connectivity index (χ0n) is 13.1. The lowest BCUT2D eigenvalue weighted by atomic mass is 9.83. The fraction of sp³-hybridized carbons (Fsp3) is 0.133. The van der Waals surface area contributed by atoms with E-state index in [9.17, 15) is 40.5 Å². The standard InChI is InChI=1S/C15H13N3O8/c19-14(20)15(18(25)26,9-10-4-2-1-3-5-10)12-7-6-11(16(21)22)8-13(12)17(23)24/h1-8,25-26H,9H2,(H,19,20)/t15-/m1/s1. The first-order valence-corrected chi connectivity index (χ1v) is 7.08. The normalized spacial score (nSPS) is 13.2. The maximum absolute atomic E-state index is 11.9. The van der Waals surface area contributed by atoms with Crippen molar-refractivity contribution in [3.8, 4) is 0 Å². The Kier molecular flexibility index (Phi) is 5.26. The van der Waals surface area contributed by atoms with E-state index in [0.717, 1.165) is 12.1 Å². The number of aliphatic carboxylic acids is 1. The Bertz CT molecular complexity index is 855. The molecule has 0 aromatic heterocycles. The molecule has 11 nitrogen and oxygen atoms in total. The first kappa shape index (κ1) is 18.9. The summed E-state index contributed by atoms with van der Waals surface area (Å²) >= 11 is 0. The van der Waals surface area contributed by atoms with Crippen molar-refractivity contribution < 1.29 is 30.2 Å². The van der Waals surface area contributed by atoms with Crippen molar-refractivity contribution in [3.05, 3.63) is 79.9 Å². The fourth-order valence-corrected chi connectivity index (χ4v) is 2.58. The van der Waals surface area contributed by atoms with E-state index >= 15 is 0 Å². The number of nitrogens with zero attached hydrogens (tertiary/aromatic N) is 3. The van der Waals surface area contributed by atoms with Crippen LogP contribution in [0.1, 0.15) is 11.1 Å². The van der Waals surface area contributed by atoms with Gasteiger partial charge in [-0.2, -0.15) is 0 Å². The van der Waals surface area contributed by atoms with Crippen LogP contribution in [0.3, 0.4) is 0 Å². The van der Waals surface area contributed by atoms with E-state index in [4.69, 9.17) is 0 Å². The zero-order chi connectivity index (χ0) is 19.5. The van der Waals surface area contributed by atoms with Gasteiger partial charge in [-0.15, -0.1) is 0 Å². The second-order valence-corrected chi connectivity index (χ2v) is 5.33. The number of nitro benzene ring substituents is 2. The molecule has 2 aromatic rings. The molecule has 0 aliphatic heterocycles. The van der Waals surface area contributed by atoms with Crippen LogP contribution in [-0.4, -0.2) is 36.6 Å². The van der Waals surface area contributed by atoms with Gasteiger partial charge >= 0.3 is 5.97 Å². The molecular formula is C15H13N3O8. The molecular weight excluding hydrogens is 350 g/mol. The summed E-state index contributed by atoms with van der Waals surface area (Å²) in [6.45, 7) is 0. The SMILES string of the molecule is O=C(O)[C@@](Cc1ccccc1)(c1ccc([N+](=O)[O-])cc1[N+](=O)[O-])N(O)O. The first-order chi connectivity index (χ1) is 12.2. The van der Waals surface area contributed by atoms with Crippen molar-refractivity contribution in [1.29, 1.82) is 0 Å². The third-order valence-electron chi connectivity index (χ3n) is 3.83. The van der Waals surface area contributed by atoms with Gasteiger partial charge in [0.1, 0.15) is 0 Å². The van der Waals surface area contributed by atoms with Crippen LogP contribution in [0.4, 0.5) is 11.4 Å². The highest BCUT2D eigenvalue weighted by molar-refractivity contribution is 5.83. The Morgan fingerprint density at radius 1 is 1.04 bits per heavy atom. The molecule has 2 rings (SSSR count). The Hall–Kier alpha value is -3.41. The minimum absolute atomic E-state index is 0.343. The summed E-state index contributed by atoms with van der Waals surface area (Å²) in [7, 11) is 0. The van der Waals surface area contributed by atoms with Gasteiger partial charge in [0, 0.05) is 12.5 Å². The second-order valence-electron chi connectivity index (χ2n) is 5.33. The summed E-state index contributed by atoms with van der Waals surface area (Å²) < 4.78 is 0. The molecule has 0 unspecified atom stereocenters. The molecule has 0 amide bonds. The van der Waals surface area contributed by atoms with Gasteiger partial charge in [0.15, 0.2) is 0 Å². The molecule has 0 aliphatic rings. The molecule has 0 heterocycles. The third kappa shape index (κ3) is 3.35. The Morgan fingerprint density at radius 2 is 1.65 bits per heavy atom. The molecule has 0 bridgehead atoms. The summed E-state index contributed by atoms with van der Waals surface area (Å²) in [5, 5.41) is 50.6. The lowest BCUT2D eigenvalue weighted by Crippen LogP contribution is -2.51. The Labute approximate surface area is 145 Å². The largest absolute Gasteiger partial charge is 0.479 e. The van der Waals surface area contributed by atoms with E-state index < -0.39 is 49.9 Å². The van der Waals surface area contributed by atoms with Crippen molar-refractivity contribution in [2.45, 2.75) is 12.0 Å². The van der Waals surface area contributed by atoms with Gasteiger partial charge in [-0.1, -0.05) is 30.3 Å². The van der Waals surface area contributed by atoms with Crippen molar-refractivity contribution in [3.63, 3.8) is 0 Å². The molecule has 0 aliphatic carbocycles. The molecule has 11 heteroatoms. The van der Waals surface area contributed by atoms with Gasteiger partial charge in [-0.3, -0.25) is 30.6 Å². The molecule has 0 fully saturated rings. The number of carboxylic acids is 1. The van der Waals surface area contributed by atoms with Gasteiger partial charge < -0.3 is 5.11 Å². The highest BCUT2D eigenvalue weighted by atomic mass is 16.8. The monoisotopic (exact) mass is 363 g/mol. The molecule has 0 saturated heterocycles. The summed E-state index contributed by atoms with van der Waals surface area (Å²) in [6, 6.07) is 10.0. The fourth-order valence-electron chi connectivity index (χ4n) is 2.58. The maximum Gasteiger partial charge on any atom is 0.334 e. The number of hydroxylamine groups is 2. The zero-order valence-corrected chi connectivity index (χ0v) is 13.1.